The van der Waals surface area contributed by atoms with Gasteiger partial charge in [0, 0.05) is 23.3 Å². The standard InChI is InChI=1S/C12H10Cl2N2O2/c1-18-12(17)8-2-3-10(13)9(11(8)14)6-7-4-5-15-16-7/h2-5H,6H2,1H3,(H,15,16). The molecule has 1 heterocycles. The fourth-order valence-corrected chi connectivity index (χ4v) is 2.18. The van der Waals surface area contributed by atoms with Crippen molar-refractivity contribution in [2.45, 2.75) is 6.42 Å². The summed E-state index contributed by atoms with van der Waals surface area (Å²) in [5.41, 5.74) is 1.84. The van der Waals surface area contributed by atoms with Gasteiger partial charge in [-0.25, -0.2) is 4.79 Å². The maximum absolute atomic E-state index is 11.5. The number of hydrogen-bond acceptors (Lipinski definition) is 3. The number of carbonyl (C=O) groups excluding carboxylic acids is 1. The molecule has 0 unspecified atom stereocenters. The van der Waals surface area contributed by atoms with Gasteiger partial charge in [0.1, 0.15) is 0 Å². The summed E-state index contributed by atoms with van der Waals surface area (Å²) >= 11 is 12.3. The van der Waals surface area contributed by atoms with Gasteiger partial charge in [0.25, 0.3) is 0 Å². The van der Waals surface area contributed by atoms with E-state index in [1.807, 2.05) is 6.07 Å². The largest absolute Gasteiger partial charge is 0.465 e. The highest BCUT2D eigenvalue weighted by Crippen LogP contribution is 2.30. The second kappa shape index (κ2) is 5.42. The molecule has 2 rings (SSSR count). The van der Waals surface area contributed by atoms with Crippen molar-refractivity contribution >= 4 is 29.2 Å². The molecule has 0 bridgehead atoms. The second-order valence-corrected chi connectivity index (χ2v) is 4.42. The molecular weight excluding hydrogens is 275 g/mol. The van der Waals surface area contributed by atoms with Gasteiger partial charge in [-0.2, -0.15) is 5.10 Å². The Balaban J connectivity index is 2.42. The van der Waals surface area contributed by atoms with Crippen molar-refractivity contribution in [1.82, 2.24) is 10.2 Å². The zero-order chi connectivity index (χ0) is 13.1. The van der Waals surface area contributed by atoms with E-state index >= 15 is 0 Å². The van der Waals surface area contributed by atoms with E-state index in [2.05, 4.69) is 14.9 Å². The van der Waals surface area contributed by atoms with Crippen molar-refractivity contribution in [3.05, 3.63) is 51.3 Å². The summed E-state index contributed by atoms with van der Waals surface area (Å²) in [7, 11) is 1.31. The highest BCUT2D eigenvalue weighted by molar-refractivity contribution is 6.38. The summed E-state index contributed by atoms with van der Waals surface area (Å²) in [6, 6.07) is 5.00. The van der Waals surface area contributed by atoms with Crippen LogP contribution in [0.25, 0.3) is 0 Å². The van der Waals surface area contributed by atoms with Crippen LogP contribution >= 0.6 is 23.2 Å². The van der Waals surface area contributed by atoms with E-state index in [1.54, 1.807) is 18.3 Å². The van der Waals surface area contributed by atoms with Crippen LogP contribution in [0.1, 0.15) is 21.6 Å². The Kier molecular flexibility index (Phi) is 3.89. The number of methoxy groups -OCH3 is 1. The summed E-state index contributed by atoms with van der Waals surface area (Å²) in [6.45, 7) is 0. The van der Waals surface area contributed by atoms with Crippen molar-refractivity contribution in [2.75, 3.05) is 7.11 Å². The monoisotopic (exact) mass is 284 g/mol. The van der Waals surface area contributed by atoms with Crippen molar-refractivity contribution in [1.29, 1.82) is 0 Å². The Hall–Kier alpha value is -1.52. The van der Waals surface area contributed by atoms with E-state index in [4.69, 9.17) is 23.2 Å². The van der Waals surface area contributed by atoms with Gasteiger partial charge in [-0.05, 0) is 23.8 Å². The molecule has 0 spiro atoms. The average Bonchev–Trinajstić information content (AvgIpc) is 2.86. The first-order valence-electron chi connectivity index (χ1n) is 5.17. The lowest BCUT2D eigenvalue weighted by Gasteiger charge is -2.09. The van der Waals surface area contributed by atoms with Crippen molar-refractivity contribution in [3.63, 3.8) is 0 Å². The van der Waals surface area contributed by atoms with Gasteiger partial charge < -0.3 is 4.74 Å². The van der Waals surface area contributed by atoms with E-state index in [0.717, 1.165) is 5.69 Å². The van der Waals surface area contributed by atoms with E-state index in [1.165, 1.54) is 7.11 Å². The fraction of sp³-hybridized carbons (Fsp3) is 0.167. The number of benzene rings is 1. The lowest BCUT2D eigenvalue weighted by molar-refractivity contribution is 0.0601. The minimum absolute atomic E-state index is 0.304. The maximum Gasteiger partial charge on any atom is 0.339 e. The zero-order valence-corrected chi connectivity index (χ0v) is 11.0. The van der Waals surface area contributed by atoms with Crippen LogP contribution in [0.2, 0.25) is 10.0 Å². The maximum atomic E-state index is 11.5. The van der Waals surface area contributed by atoms with Gasteiger partial charge in [-0.15, -0.1) is 0 Å². The fourth-order valence-electron chi connectivity index (χ4n) is 1.60. The van der Waals surface area contributed by atoms with Crippen molar-refractivity contribution in [2.24, 2.45) is 0 Å². The molecule has 1 aromatic carbocycles. The molecule has 0 aliphatic heterocycles. The van der Waals surface area contributed by atoms with E-state index in [9.17, 15) is 4.79 Å². The van der Waals surface area contributed by atoms with Crippen LogP contribution in [0.4, 0.5) is 0 Å². The zero-order valence-electron chi connectivity index (χ0n) is 9.54. The molecule has 94 valence electrons. The van der Waals surface area contributed by atoms with Crippen molar-refractivity contribution in [3.8, 4) is 0 Å². The Labute approximate surface area is 114 Å². The first-order valence-corrected chi connectivity index (χ1v) is 5.92. The number of aromatic amines is 1. The molecule has 1 aromatic heterocycles. The quantitative estimate of drug-likeness (QED) is 0.882. The molecule has 0 saturated carbocycles. The van der Waals surface area contributed by atoms with Crippen LogP contribution < -0.4 is 0 Å². The number of rotatable bonds is 3. The Morgan fingerprint density at radius 3 is 2.78 bits per heavy atom. The number of carbonyl (C=O) groups is 1. The third-order valence-corrected chi connectivity index (χ3v) is 3.30. The molecule has 1 N–H and O–H groups in total. The number of hydrogen-bond donors (Lipinski definition) is 1. The number of ether oxygens (including phenoxy) is 1. The Morgan fingerprint density at radius 2 is 2.17 bits per heavy atom. The van der Waals surface area contributed by atoms with Crippen LogP contribution in [0.5, 0.6) is 0 Å². The van der Waals surface area contributed by atoms with E-state index in [-0.39, 0.29) is 0 Å². The number of nitrogens with zero attached hydrogens (tertiary/aromatic N) is 1. The average molecular weight is 285 g/mol. The van der Waals surface area contributed by atoms with Crippen LogP contribution in [0, 0.1) is 0 Å². The Bertz CT molecular complexity index is 568. The normalized spacial score (nSPS) is 10.4. The smallest absolute Gasteiger partial charge is 0.339 e. The summed E-state index contributed by atoms with van der Waals surface area (Å²) < 4.78 is 4.66. The van der Waals surface area contributed by atoms with Crippen LogP contribution in [0.15, 0.2) is 24.4 Å². The number of halogens is 2. The number of aromatic nitrogens is 2. The van der Waals surface area contributed by atoms with Crippen LogP contribution in [-0.2, 0) is 11.2 Å². The minimum Gasteiger partial charge on any atom is -0.465 e. The van der Waals surface area contributed by atoms with Crippen molar-refractivity contribution < 1.29 is 9.53 Å². The predicted molar refractivity (Wildman–Crippen MR) is 69.2 cm³/mol. The van der Waals surface area contributed by atoms with Crippen LogP contribution in [-0.4, -0.2) is 23.3 Å². The third kappa shape index (κ3) is 2.49. The Morgan fingerprint density at radius 1 is 1.39 bits per heavy atom. The summed E-state index contributed by atoms with van der Waals surface area (Å²) in [6.07, 6.45) is 2.11. The van der Waals surface area contributed by atoms with Gasteiger partial charge >= 0.3 is 5.97 Å². The van der Waals surface area contributed by atoms with Gasteiger partial charge in [0.2, 0.25) is 0 Å². The van der Waals surface area contributed by atoms with E-state index in [0.29, 0.717) is 27.6 Å². The number of nitrogens with one attached hydrogen (secondary N) is 1. The van der Waals surface area contributed by atoms with Gasteiger partial charge in [-0.3, -0.25) is 5.10 Å². The number of esters is 1. The molecule has 2 aromatic rings. The van der Waals surface area contributed by atoms with Crippen LogP contribution in [0.3, 0.4) is 0 Å². The molecule has 0 saturated heterocycles. The highest BCUT2D eigenvalue weighted by Gasteiger charge is 2.17. The highest BCUT2D eigenvalue weighted by atomic mass is 35.5. The van der Waals surface area contributed by atoms with E-state index < -0.39 is 5.97 Å². The third-order valence-electron chi connectivity index (χ3n) is 2.52. The minimum atomic E-state index is -0.484. The molecule has 0 fully saturated rings. The molecule has 0 aliphatic carbocycles. The van der Waals surface area contributed by atoms with Gasteiger partial charge in [-0.1, -0.05) is 23.2 Å². The first kappa shape index (κ1) is 12.9. The lowest BCUT2D eigenvalue weighted by atomic mass is 10.1. The SMILES string of the molecule is COC(=O)c1ccc(Cl)c(Cc2ccn[nH]2)c1Cl. The molecular formula is C12H10Cl2N2O2. The van der Waals surface area contributed by atoms with Gasteiger partial charge in [0.05, 0.1) is 17.7 Å². The topological polar surface area (TPSA) is 55.0 Å². The molecule has 0 atom stereocenters. The molecule has 0 amide bonds. The first-order chi connectivity index (χ1) is 8.63. The lowest BCUT2D eigenvalue weighted by Crippen LogP contribution is -2.04. The summed E-state index contributed by atoms with van der Waals surface area (Å²) in [5.74, 6) is -0.484. The molecule has 6 heteroatoms. The molecule has 18 heavy (non-hydrogen) atoms. The van der Waals surface area contributed by atoms with Gasteiger partial charge in [0.15, 0.2) is 0 Å². The molecule has 0 aliphatic rings. The predicted octanol–water partition coefficient (Wildman–Crippen LogP) is 3.09. The molecule has 0 radical (unpaired) electrons. The summed E-state index contributed by atoms with van der Waals surface area (Å²) in [5, 5.41) is 7.48. The molecule has 4 nitrogen and oxygen atoms in total. The second-order valence-electron chi connectivity index (χ2n) is 3.64. The summed E-state index contributed by atoms with van der Waals surface area (Å²) in [4.78, 5) is 11.5. The number of H-pyrrole nitrogens is 1.